The summed E-state index contributed by atoms with van der Waals surface area (Å²) in [6, 6.07) is 15.0. The third kappa shape index (κ3) is 3.38. The highest BCUT2D eigenvalue weighted by atomic mass is 16.5. The lowest BCUT2D eigenvalue weighted by Crippen LogP contribution is -2.34. The fourth-order valence-electron chi connectivity index (χ4n) is 4.76. The molecule has 148 valence electrons. The summed E-state index contributed by atoms with van der Waals surface area (Å²) in [4.78, 5) is 11.4. The molecule has 2 aromatic rings. The Bertz CT molecular complexity index is 873. The predicted octanol–water partition coefficient (Wildman–Crippen LogP) is 6.24. The van der Waals surface area contributed by atoms with E-state index in [9.17, 15) is 4.79 Å². The van der Waals surface area contributed by atoms with Gasteiger partial charge in [0.25, 0.3) is 0 Å². The molecule has 2 aliphatic rings. The minimum Gasteiger partial charge on any atom is -0.489 e. The summed E-state index contributed by atoms with van der Waals surface area (Å²) in [5.41, 5.74) is 5.58. The highest BCUT2D eigenvalue weighted by Crippen LogP contribution is 2.56. The molecule has 0 saturated heterocycles. The third-order valence-corrected chi connectivity index (χ3v) is 7.09. The van der Waals surface area contributed by atoms with Gasteiger partial charge in [-0.3, -0.25) is 0 Å². The number of benzene rings is 2. The highest BCUT2D eigenvalue weighted by molar-refractivity contribution is 5.60. The van der Waals surface area contributed by atoms with Crippen molar-refractivity contribution in [2.45, 2.75) is 82.7 Å². The molecule has 1 saturated carbocycles. The monoisotopic (exact) mass is 376 g/mol. The zero-order valence-electron chi connectivity index (χ0n) is 17.7. The number of hydrogen-bond donors (Lipinski definition) is 0. The van der Waals surface area contributed by atoms with Crippen LogP contribution in [0.25, 0.3) is 0 Å². The lowest BCUT2D eigenvalue weighted by Gasteiger charge is -2.42. The maximum atomic E-state index is 11.4. The molecule has 0 aromatic heterocycles. The molecular formula is C26H32O2. The molecule has 0 bridgehead atoms. The Kier molecular flexibility index (Phi) is 4.64. The predicted molar refractivity (Wildman–Crippen MR) is 114 cm³/mol. The largest absolute Gasteiger partial charge is 0.489 e. The third-order valence-electron chi connectivity index (χ3n) is 7.09. The van der Waals surface area contributed by atoms with Crippen LogP contribution < -0.4 is 4.74 Å². The summed E-state index contributed by atoms with van der Waals surface area (Å²) in [6.45, 7) is 9.97. The van der Waals surface area contributed by atoms with Crippen molar-refractivity contribution in [3.63, 3.8) is 0 Å². The fourth-order valence-corrected chi connectivity index (χ4v) is 4.76. The molecule has 1 fully saturated rings. The van der Waals surface area contributed by atoms with Crippen LogP contribution in [-0.2, 0) is 27.6 Å². The molecule has 0 spiro atoms. The van der Waals surface area contributed by atoms with Crippen molar-refractivity contribution in [1.29, 1.82) is 0 Å². The molecule has 0 aliphatic heterocycles. The Hall–Kier alpha value is -2.09. The van der Waals surface area contributed by atoms with E-state index in [1.807, 2.05) is 18.2 Å². The number of carbonyl (C=O) groups excluding carboxylic acids is 1. The molecule has 0 atom stereocenters. The molecule has 2 nitrogen and oxygen atoms in total. The lowest BCUT2D eigenvalue weighted by molar-refractivity contribution is -0.108. The first-order chi connectivity index (χ1) is 13.3. The number of hydrogen-bond acceptors (Lipinski definition) is 2. The molecule has 0 heterocycles. The Morgan fingerprint density at radius 2 is 1.46 bits per heavy atom. The SMILES string of the molecule is CC1(C)CCC(C)(C)c2cc(C3(CC=O)CC3)c(OCc3ccccc3)cc21. The quantitative estimate of drug-likeness (QED) is 0.558. The van der Waals surface area contributed by atoms with E-state index < -0.39 is 0 Å². The number of rotatable bonds is 6. The van der Waals surface area contributed by atoms with Crippen LogP contribution in [0, 0.1) is 0 Å². The summed E-state index contributed by atoms with van der Waals surface area (Å²) < 4.78 is 6.41. The van der Waals surface area contributed by atoms with E-state index in [-0.39, 0.29) is 16.2 Å². The van der Waals surface area contributed by atoms with Gasteiger partial charge >= 0.3 is 0 Å². The van der Waals surface area contributed by atoms with Gasteiger partial charge in [-0.05, 0) is 59.3 Å². The first-order valence-electron chi connectivity index (χ1n) is 10.6. The van der Waals surface area contributed by atoms with Gasteiger partial charge in [-0.15, -0.1) is 0 Å². The van der Waals surface area contributed by atoms with Crippen molar-refractivity contribution in [3.05, 3.63) is 64.7 Å². The molecule has 4 rings (SSSR count). The van der Waals surface area contributed by atoms with Crippen LogP contribution in [0.2, 0.25) is 0 Å². The van der Waals surface area contributed by atoms with Gasteiger partial charge in [0.15, 0.2) is 0 Å². The minimum atomic E-state index is -0.0134. The van der Waals surface area contributed by atoms with Crippen LogP contribution in [0.4, 0.5) is 0 Å². The summed E-state index contributed by atoms with van der Waals surface area (Å²) in [6.07, 6.45) is 6.22. The molecule has 0 unspecified atom stereocenters. The summed E-state index contributed by atoms with van der Waals surface area (Å²) in [7, 11) is 0. The number of aldehydes is 1. The fraction of sp³-hybridized carbons (Fsp3) is 0.500. The summed E-state index contributed by atoms with van der Waals surface area (Å²) in [5.74, 6) is 0.979. The Morgan fingerprint density at radius 1 is 0.857 bits per heavy atom. The minimum absolute atomic E-state index is 0.0134. The van der Waals surface area contributed by atoms with Gasteiger partial charge in [0, 0.05) is 17.4 Å². The van der Waals surface area contributed by atoms with Gasteiger partial charge in [0.2, 0.25) is 0 Å². The normalized spacial score (nSPS) is 20.9. The van der Waals surface area contributed by atoms with E-state index >= 15 is 0 Å². The highest BCUT2D eigenvalue weighted by Gasteiger charge is 2.47. The van der Waals surface area contributed by atoms with Crippen LogP contribution in [0.3, 0.4) is 0 Å². The van der Waals surface area contributed by atoms with E-state index in [1.54, 1.807) is 0 Å². The van der Waals surface area contributed by atoms with E-state index in [0.717, 1.165) is 24.9 Å². The van der Waals surface area contributed by atoms with Crippen molar-refractivity contribution < 1.29 is 9.53 Å². The maximum absolute atomic E-state index is 11.4. The van der Waals surface area contributed by atoms with Crippen LogP contribution in [0.1, 0.15) is 82.1 Å². The van der Waals surface area contributed by atoms with Crippen molar-refractivity contribution in [1.82, 2.24) is 0 Å². The molecule has 2 aromatic carbocycles. The van der Waals surface area contributed by atoms with Crippen molar-refractivity contribution in [3.8, 4) is 5.75 Å². The zero-order valence-corrected chi connectivity index (χ0v) is 17.7. The number of ether oxygens (including phenoxy) is 1. The van der Waals surface area contributed by atoms with Gasteiger partial charge < -0.3 is 9.53 Å². The molecule has 2 heteroatoms. The van der Waals surface area contributed by atoms with Gasteiger partial charge in [-0.2, -0.15) is 0 Å². The Labute approximate surface area is 169 Å². The lowest BCUT2D eigenvalue weighted by atomic mass is 9.62. The van der Waals surface area contributed by atoms with Crippen molar-refractivity contribution in [2.24, 2.45) is 0 Å². The summed E-state index contributed by atoms with van der Waals surface area (Å²) >= 11 is 0. The maximum Gasteiger partial charge on any atom is 0.123 e. The van der Waals surface area contributed by atoms with E-state index in [4.69, 9.17) is 4.74 Å². The number of carbonyl (C=O) groups is 1. The average molecular weight is 377 g/mol. The van der Waals surface area contributed by atoms with Crippen molar-refractivity contribution in [2.75, 3.05) is 0 Å². The van der Waals surface area contributed by atoms with Crippen LogP contribution in [0.5, 0.6) is 5.75 Å². The van der Waals surface area contributed by atoms with Crippen LogP contribution >= 0.6 is 0 Å². The molecule has 0 amide bonds. The molecule has 0 N–H and O–H groups in total. The van der Waals surface area contributed by atoms with E-state index in [2.05, 4.69) is 52.0 Å². The topological polar surface area (TPSA) is 26.3 Å². The molecule has 0 radical (unpaired) electrons. The first-order valence-corrected chi connectivity index (χ1v) is 10.6. The Balaban J connectivity index is 1.80. The van der Waals surface area contributed by atoms with Crippen LogP contribution in [-0.4, -0.2) is 6.29 Å². The number of fused-ring (bicyclic) bond motifs is 1. The average Bonchev–Trinajstić information content (AvgIpc) is 3.45. The Morgan fingerprint density at radius 3 is 2.04 bits per heavy atom. The van der Waals surface area contributed by atoms with Gasteiger partial charge in [0.1, 0.15) is 18.6 Å². The zero-order chi connectivity index (χ0) is 20.0. The van der Waals surface area contributed by atoms with Crippen molar-refractivity contribution >= 4 is 6.29 Å². The van der Waals surface area contributed by atoms with Crippen LogP contribution in [0.15, 0.2) is 42.5 Å². The second-order valence-corrected chi connectivity index (χ2v) is 10.1. The second-order valence-electron chi connectivity index (χ2n) is 10.1. The van der Waals surface area contributed by atoms with Gasteiger partial charge in [-0.25, -0.2) is 0 Å². The smallest absolute Gasteiger partial charge is 0.123 e. The summed E-state index contributed by atoms with van der Waals surface area (Å²) in [5, 5.41) is 0. The second kappa shape index (κ2) is 6.76. The van der Waals surface area contributed by atoms with Gasteiger partial charge in [-0.1, -0.05) is 64.1 Å². The molecule has 28 heavy (non-hydrogen) atoms. The standard InChI is InChI=1S/C26H32O2/c1-24(2)10-11-25(3,4)21-17-23(28-18-19-8-6-5-7-9-19)22(16-20(21)24)26(12-13-26)14-15-27/h5-9,15-17H,10-14,18H2,1-4H3. The van der Waals surface area contributed by atoms with E-state index in [1.165, 1.54) is 35.1 Å². The van der Waals surface area contributed by atoms with Gasteiger partial charge in [0.05, 0.1) is 0 Å². The molecule has 2 aliphatic carbocycles. The molecular weight excluding hydrogens is 344 g/mol. The first kappa shape index (κ1) is 19.2. The van der Waals surface area contributed by atoms with E-state index in [0.29, 0.717) is 13.0 Å².